The van der Waals surface area contributed by atoms with Crippen LogP contribution in [0.4, 0.5) is 10.5 Å². The van der Waals surface area contributed by atoms with Crippen molar-refractivity contribution in [3.63, 3.8) is 0 Å². The van der Waals surface area contributed by atoms with Gasteiger partial charge >= 0.3 is 6.03 Å². The zero-order chi connectivity index (χ0) is 13.9. The Morgan fingerprint density at radius 3 is 3.00 bits per heavy atom. The summed E-state index contributed by atoms with van der Waals surface area (Å²) in [6.07, 6.45) is 3.42. The molecule has 1 heterocycles. The number of aryl methyl sites for hydroxylation is 2. The van der Waals surface area contributed by atoms with Gasteiger partial charge in [0.25, 0.3) is 0 Å². The monoisotopic (exact) mass is 272 g/mol. The molecule has 20 heavy (non-hydrogen) atoms. The van der Waals surface area contributed by atoms with E-state index in [4.69, 9.17) is 0 Å². The number of anilines is 1. The largest absolute Gasteiger partial charge is 0.328 e. The lowest BCUT2D eigenvalue weighted by Gasteiger charge is -2.12. The molecule has 1 atom stereocenters. The smallest absolute Gasteiger partial charge is 0.319 e. The molecule has 2 amide bonds. The van der Waals surface area contributed by atoms with E-state index in [1.54, 1.807) is 6.92 Å². The molecule has 2 aromatic rings. The number of carbonyl (C=O) groups excluding carboxylic acids is 1. The first kappa shape index (κ1) is 12.6. The van der Waals surface area contributed by atoms with Crippen molar-refractivity contribution in [2.45, 2.75) is 32.2 Å². The fourth-order valence-corrected chi connectivity index (χ4v) is 2.43. The molecule has 0 spiro atoms. The van der Waals surface area contributed by atoms with Crippen molar-refractivity contribution in [3.8, 4) is 0 Å². The number of benzene rings is 1. The number of aromatic nitrogens is 4. The van der Waals surface area contributed by atoms with E-state index in [2.05, 4.69) is 37.3 Å². The molecule has 3 N–H and O–H groups in total. The van der Waals surface area contributed by atoms with Gasteiger partial charge in [-0.05, 0) is 49.4 Å². The number of fused-ring (bicyclic) bond motifs is 1. The maximum absolute atomic E-state index is 11.9. The zero-order valence-electron chi connectivity index (χ0n) is 11.2. The van der Waals surface area contributed by atoms with E-state index in [1.165, 1.54) is 17.5 Å². The minimum absolute atomic E-state index is 0.278. The number of amides is 2. The number of hydrogen-bond donors (Lipinski definition) is 3. The summed E-state index contributed by atoms with van der Waals surface area (Å²) in [5, 5.41) is 19.1. The lowest BCUT2D eigenvalue weighted by atomic mass is 10.1. The van der Waals surface area contributed by atoms with Gasteiger partial charge in [-0.2, -0.15) is 5.21 Å². The summed E-state index contributed by atoms with van der Waals surface area (Å²) in [6, 6.07) is 5.48. The van der Waals surface area contributed by atoms with Gasteiger partial charge in [-0.1, -0.05) is 11.3 Å². The van der Waals surface area contributed by atoms with Gasteiger partial charge in [0.05, 0.1) is 6.04 Å². The number of tetrazole rings is 1. The predicted molar refractivity (Wildman–Crippen MR) is 73.2 cm³/mol. The molecule has 1 aliphatic carbocycles. The van der Waals surface area contributed by atoms with Gasteiger partial charge in [0.1, 0.15) is 0 Å². The van der Waals surface area contributed by atoms with Crippen LogP contribution in [0.25, 0.3) is 0 Å². The molecule has 0 saturated carbocycles. The summed E-state index contributed by atoms with van der Waals surface area (Å²) in [5.74, 6) is 0.453. The first-order valence-electron chi connectivity index (χ1n) is 6.65. The number of urea groups is 1. The molecule has 1 aromatic carbocycles. The van der Waals surface area contributed by atoms with Crippen LogP contribution in [0.2, 0.25) is 0 Å². The van der Waals surface area contributed by atoms with Crippen LogP contribution >= 0.6 is 0 Å². The Bertz CT molecular complexity index is 609. The lowest BCUT2D eigenvalue weighted by molar-refractivity contribution is 0.249. The SMILES string of the molecule is C[C@H](NC(=O)Nc1ccc2c(c1)CCC2)c1nn[nH]n1. The Hall–Kier alpha value is -2.44. The molecule has 0 aliphatic heterocycles. The van der Waals surface area contributed by atoms with E-state index < -0.39 is 0 Å². The molecule has 3 rings (SSSR count). The van der Waals surface area contributed by atoms with Gasteiger partial charge in [-0.3, -0.25) is 0 Å². The van der Waals surface area contributed by atoms with E-state index in [0.29, 0.717) is 5.82 Å². The van der Waals surface area contributed by atoms with Crippen molar-refractivity contribution < 1.29 is 4.79 Å². The molecule has 7 heteroatoms. The van der Waals surface area contributed by atoms with E-state index in [9.17, 15) is 4.79 Å². The number of nitrogens with one attached hydrogen (secondary N) is 3. The van der Waals surface area contributed by atoms with Crippen LogP contribution in [0.5, 0.6) is 0 Å². The summed E-state index contributed by atoms with van der Waals surface area (Å²) in [4.78, 5) is 11.9. The average Bonchev–Trinajstić information content (AvgIpc) is 3.09. The Morgan fingerprint density at radius 2 is 2.20 bits per heavy atom. The highest BCUT2D eigenvalue weighted by Crippen LogP contribution is 2.24. The van der Waals surface area contributed by atoms with Crippen LogP contribution < -0.4 is 10.6 Å². The highest BCUT2D eigenvalue weighted by molar-refractivity contribution is 5.89. The van der Waals surface area contributed by atoms with Gasteiger partial charge in [-0.25, -0.2) is 4.79 Å². The third-order valence-electron chi connectivity index (χ3n) is 3.45. The second-order valence-electron chi connectivity index (χ2n) is 4.93. The van der Waals surface area contributed by atoms with Crippen molar-refractivity contribution in [3.05, 3.63) is 35.2 Å². The Balaban J connectivity index is 1.61. The molecule has 1 aromatic heterocycles. The van der Waals surface area contributed by atoms with Crippen LogP contribution in [-0.4, -0.2) is 26.7 Å². The average molecular weight is 272 g/mol. The van der Waals surface area contributed by atoms with Crippen molar-refractivity contribution in [2.24, 2.45) is 0 Å². The second-order valence-corrected chi connectivity index (χ2v) is 4.93. The maximum atomic E-state index is 11.9. The summed E-state index contributed by atoms with van der Waals surface area (Å²) in [6.45, 7) is 1.80. The molecule has 0 radical (unpaired) electrons. The summed E-state index contributed by atoms with van der Waals surface area (Å²) in [7, 11) is 0. The van der Waals surface area contributed by atoms with Gasteiger partial charge in [-0.15, -0.1) is 10.2 Å². The number of H-pyrrole nitrogens is 1. The summed E-state index contributed by atoms with van der Waals surface area (Å²) >= 11 is 0. The van der Waals surface area contributed by atoms with Crippen LogP contribution in [0.15, 0.2) is 18.2 Å². The third-order valence-corrected chi connectivity index (χ3v) is 3.45. The summed E-state index contributed by atoms with van der Waals surface area (Å²) < 4.78 is 0. The van der Waals surface area contributed by atoms with E-state index in [-0.39, 0.29) is 12.1 Å². The van der Waals surface area contributed by atoms with Gasteiger partial charge in [0.2, 0.25) is 0 Å². The maximum Gasteiger partial charge on any atom is 0.319 e. The van der Waals surface area contributed by atoms with Crippen molar-refractivity contribution in [2.75, 3.05) is 5.32 Å². The Morgan fingerprint density at radius 1 is 1.35 bits per heavy atom. The Labute approximate surface area is 116 Å². The van der Waals surface area contributed by atoms with E-state index in [0.717, 1.165) is 18.5 Å². The number of rotatable bonds is 3. The first-order chi connectivity index (χ1) is 9.72. The van der Waals surface area contributed by atoms with Crippen LogP contribution in [-0.2, 0) is 12.8 Å². The van der Waals surface area contributed by atoms with Gasteiger partial charge in [0, 0.05) is 5.69 Å². The number of hydrogen-bond acceptors (Lipinski definition) is 4. The highest BCUT2D eigenvalue weighted by atomic mass is 16.2. The highest BCUT2D eigenvalue weighted by Gasteiger charge is 2.15. The van der Waals surface area contributed by atoms with E-state index >= 15 is 0 Å². The minimum Gasteiger partial charge on any atom is -0.328 e. The molecular weight excluding hydrogens is 256 g/mol. The number of carbonyl (C=O) groups is 1. The predicted octanol–water partition coefficient (Wildman–Crippen LogP) is 1.57. The number of nitrogens with zero attached hydrogens (tertiary/aromatic N) is 3. The fourth-order valence-electron chi connectivity index (χ4n) is 2.43. The molecule has 7 nitrogen and oxygen atoms in total. The standard InChI is InChI=1S/C13H16N6O/c1-8(12-16-18-19-17-12)14-13(20)15-11-6-5-9-3-2-4-10(9)7-11/h5-8H,2-4H2,1H3,(H2,14,15,20)(H,16,17,18,19)/t8-/m0/s1. The Kier molecular flexibility index (Phi) is 3.32. The van der Waals surface area contributed by atoms with Crippen LogP contribution in [0.1, 0.15) is 36.3 Å². The quantitative estimate of drug-likeness (QED) is 0.790. The molecule has 0 saturated heterocycles. The van der Waals surface area contributed by atoms with Crippen molar-refractivity contribution in [1.29, 1.82) is 0 Å². The molecule has 0 bridgehead atoms. The minimum atomic E-state index is -0.303. The molecule has 0 unspecified atom stereocenters. The fraction of sp³-hybridized carbons (Fsp3) is 0.385. The van der Waals surface area contributed by atoms with Crippen molar-refractivity contribution >= 4 is 11.7 Å². The lowest BCUT2D eigenvalue weighted by Crippen LogP contribution is -2.31. The number of aromatic amines is 1. The summed E-state index contributed by atoms with van der Waals surface area (Å²) in [5.41, 5.74) is 3.52. The third kappa shape index (κ3) is 2.61. The second kappa shape index (κ2) is 5.28. The van der Waals surface area contributed by atoms with Crippen molar-refractivity contribution in [1.82, 2.24) is 25.9 Å². The van der Waals surface area contributed by atoms with Crippen LogP contribution in [0, 0.1) is 0 Å². The molecule has 0 fully saturated rings. The van der Waals surface area contributed by atoms with E-state index in [1.807, 2.05) is 12.1 Å². The van der Waals surface area contributed by atoms with Gasteiger partial charge in [0.15, 0.2) is 5.82 Å². The molecule has 104 valence electrons. The first-order valence-corrected chi connectivity index (χ1v) is 6.65. The topological polar surface area (TPSA) is 95.6 Å². The van der Waals surface area contributed by atoms with Crippen LogP contribution in [0.3, 0.4) is 0 Å². The molecular formula is C13H16N6O. The zero-order valence-corrected chi connectivity index (χ0v) is 11.2. The van der Waals surface area contributed by atoms with Gasteiger partial charge < -0.3 is 10.6 Å². The normalized spacial score (nSPS) is 14.7. The molecule has 1 aliphatic rings.